The van der Waals surface area contributed by atoms with Crippen LogP contribution in [0.3, 0.4) is 0 Å². The SMILES string of the molecule is CCOCCCNC(=S)N/N=C\c1cc(C)c(C)cc1C. The number of hydrogen-bond acceptors (Lipinski definition) is 3. The number of aryl methyl sites for hydroxylation is 3. The van der Waals surface area contributed by atoms with Gasteiger partial charge in [0, 0.05) is 19.8 Å². The Balaban J connectivity index is 2.37. The van der Waals surface area contributed by atoms with Crippen LogP contribution in [0.4, 0.5) is 0 Å². The summed E-state index contributed by atoms with van der Waals surface area (Å²) in [6.07, 6.45) is 2.73. The molecular weight excluding hydrogens is 282 g/mol. The minimum atomic E-state index is 0.532. The van der Waals surface area contributed by atoms with Gasteiger partial charge in [0.25, 0.3) is 0 Å². The summed E-state index contributed by atoms with van der Waals surface area (Å²) in [7, 11) is 0. The smallest absolute Gasteiger partial charge is 0.186 e. The van der Waals surface area contributed by atoms with Crippen LogP contribution >= 0.6 is 12.2 Å². The minimum Gasteiger partial charge on any atom is -0.382 e. The average molecular weight is 307 g/mol. The highest BCUT2D eigenvalue weighted by atomic mass is 32.1. The quantitative estimate of drug-likeness (QED) is 0.352. The maximum atomic E-state index is 5.25. The maximum absolute atomic E-state index is 5.25. The molecule has 2 N–H and O–H groups in total. The van der Waals surface area contributed by atoms with Crippen molar-refractivity contribution in [3.63, 3.8) is 0 Å². The molecule has 0 heterocycles. The van der Waals surface area contributed by atoms with E-state index in [1.807, 2.05) is 6.92 Å². The molecule has 0 aliphatic carbocycles. The summed E-state index contributed by atoms with van der Waals surface area (Å²) < 4.78 is 5.25. The monoisotopic (exact) mass is 307 g/mol. The lowest BCUT2D eigenvalue weighted by Gasteiger charge is -2.08. The van der Waals surface area contributed by atoms with Gasteiger partial charge in [-0.25, -0.2) is 0 Å². The van der Waals surface area contributed by atoms with E-state index in [1.165, 1.54) is 16.7 Å². The van der Waals surface area contributed by atoms with Gasteiger partial charge in [-0.1, -0.05) is 6.07 Å². The average Bonchev–Trinajstić information content (AvgIpc) is 2.44. The van der Waals surface area contributed by atoms with Crippen LogP contribution in [0.2, 0.25) is 0 Å². The Morgan fingerprint density at radius 1 is 1.24 bits per heavy atom. The van der Waals surface area contributed by atoms with Crippen LogP contribution in [0.15, 0.2) is 17.2 Å². The number of rotatable bonds is 7. The van der Waals surface area contributed by atoms with Crippen LogP contribution in [0.1, 0.15) is 35.6 Å². The highest BCUT2D eigenvalue weighted by Crippen LogP contribution is 2.13. The van der Waals surface area contributed by atoms with Gasteiger partial charge in [0.2, 0.25) is 0 Å². The predicted molar refractivity (Wildman–Crippen MR) is 93.1 cm³/mol. The Kier molecular flexibility index (Phi) is 7.93. The maximum Gasteiger partial charge on any atom is 0.186 e. The molecule has 0 unspecified atom stereocenters. The van der Waals surface area contributed by atoms with E-state index in [-0.39, 0.29) is 0 Å². The van der Waals surface area contributed by atoms with Gasteiger partial charge in [0.1, 0.15) is 0 Å². The molecule has 21 heavy (non-hydrogen) atoms. The summed E-state index contributed by atoms with van der Waals surface area (Å²) in [4.78, 5) is 0. The molecule has 0 atom stereocenters. The van der Waals surface area contributed by atoms with Gasteiger partial charge in [-0.3, -0.25) is 5.43 Å². The fourth-order valence-electron chi connectivity index (χ4n) is 1.84. The molecule has 1 rings (SSSR count). The van der Waals surface area contributed by atoms with E-state index < -0.39 is 0 Å². The van der Waals surface area contributed by atoms with Gasteiger partial charge in [0.15, 0.2) is 5.11 Å². The Hall–Kier alpha value is -1.46. The number of hydrazone groups is 1. The zero-order valence-electron chi connectivity index (χ0n) is 13.3. The van der Waals surface area contributed by atoms with Crippen LogP contribution in [0, 0.1) is 20.8 Å². The molecule has 1 aromatic rings. The number of nitrogens with one attached hydrogen (secondary N) is 2. The summed E-state index contributed by atoms with van der Waals surface area (Å²) in [6, 6.07) is 4.30. The first-order chi connectivity index (χ1) is 10.0. The molecule has 0 spiro atoms. The molecule has 0 amide bonds. The Morgan fingerprint density at radius 3 is 2.67 bits per heavy atom. The van der Waals surface area contributed by atoms with Gasteiger partial charge in [-0.05, 0) is 74.7 Å². The molecule has 0 radical (unpaired) electrons. The van der Waals surface area contributed by atoms with Crippen molar-refractivity contribution in [2.75, 3.05) is 19.8 Å². The summed E-state index contributed by atoms with van der Waals surface area (Å²) in [6.45, 7) is 10.6. The minimum absolute atomic E-state index is 0.532. The number of benzene rings is 1. The molecule has 0 aliphatic rings. The van der Waals surface area contributed by atoms with Crippen LogP contribution in [0.5, 0.6) is 0 Å². The molecule has 0 saturated carbocycles. The Labute approximate surface area is 133 Å². The van der Waals surface area contributed by atoms with Crippen molar-refractivity contribution in [3.05, 3.63) is 34.4 Å². The molecule has 0 aromatic heterocycles. The van der Waals surface area contributed by atoms with E-state index in [4.69, 9.17) is 17.0 Å². The fourth-order valence-corrected chi connectivity index (χ4v) is 2.00. The van der Waals surface area contributed by atoms with E-state index in [1.54, 1.807) is 6.21 Å². The third kappa shape index (κ3) is 6.69. The van der Waals surface area contributed by atoms with E-state index in [0.29, 0.717) is 5.11 Å². The summed E-state index contributed by atoms with van der Waals surface area (Å²) in [5, 5.41) is 7.80. The standard InChI is InChI=1S/C16H25N3OS/c1-5-20-8-6-7-17-16(21)19-18-11-15-10-13(3)12(2)9-14(15)4/h9-11H,5-8H2,1-4H3,(H2,17,19,21)/b18-11-. The highest BCUT2D eigenvalue weighted by Gasteiger charge is 1.99. The van der Waals surface area contributed by atoms with Crippen molar-refractivity contribution in [2.45, 2.75) is 34.1 Å². The van der Waals surface area contributed by atoms with Crippen molar-refractivity contribution in [2.24, 2.45) is 5.10 Å². The van der Waals surface area contributed by atoms with Gasteiger partial charge in [0.05, 0.1) is 6.21 Å². The van der Waals surface area contributed by atoms with Gasteiger partial charge < -0.3 is 10.1 Å². The fraction of sp³-hybridized carbons (Fsp3) is 0.500. The van der Waals surface area contributed by atoms with E-state index in [0.717, 1.165) is 31.7 Å². The first kappa shape index (κ1) is 17.6. The lowest BCUT2D eigenvalue weighted by atomic mass is 10.0. The molecule has 116 valence electrons. The van der Waals surface area contributed by atoms with Crippen molar-refractivity contribution in [1.29, 1.82) is 0 Å². The number of hydrogen-bond donors (Lipinski definition) is 2. The molecule has 5 heteroatoms. The van der Waals surface area contributed by atoms with Crippen molar-refractivity contribution < 1.29 is 4.74 Å². The number of thiocarbonyl (C=S) groups is 1. The van der Waals surface area contributed by atoms with E-state index >= 15 is 0 Å². The van der Waals surface area contributed by atoms with Crippen LogP contribution in [0.25, 0.3) is 0 Å². The largest absolute Gasteiger partial charge is 0.382 e. The first-order valence-corrected chi connectivity index (χ1v) is 7.68. The first-order valence-electron chi connectivity index (χ1n) is 7.27. The Bertz CT molecular complexity index is 501. The van der Waals surface area contributed by atoms with E-state index in [2.05, 4.69) is 48.7 Å². The second kappa shape index (κ2) is 9.47. The summed E-state index contributed by atoms with van der Waals surface area (Å²) in [5.74, 6) is 0. The second-order valence-corrected chi connectivity index (χ2v) is 5.38. The number of nitrogens with zero attached hydrogens (tertiary/aromatic N) is 1. The third-order valence-corrected chi connectivity index (χ3v) is 3.44. The van der Waals surface area contributed by atoms with Crippen LogP contribution in [-0.2, 0) is 4.74 Å². The molecule has 0 bridgehead atoms. The van der Waals surface area contributed by atoms with Crippen molar-refractivity contribution in [1.82, 2.24) is 10.7 Å². The van der Waals surface area contributed by atoms with Gasteiger partial charge in [-0.15, -0.1) is 0 Å². The summed E-state index contributed by atoms with van der Waals surface area (Å²) in [5.41, 5.74) is 7.70. The topological polar surface area (TPSA) is 45.6 Å². The van der Waals surface area contributed by atoms with Crippen LogP contribution < -0.4 is 10.7 Å². The third-order valence-electron chi connectivity index (χ3n) is 3.21. The molecule has 0 saturated heterocycles. The second-order valence-electron chi connectivity index (χ2n) is 4.97. The van der Waals surface area contributed by atoms with Crippen molar-refractivity contribution in [3.8, 4) is 0 Å². The molecule has 1 aromatic carbocycles. The molecular formula is C16H25N3OS. The van der Waals surface area contributed by atoms with E-state index in [9.17, 15) is 0 Å². The van der Waals surface area contributed by atoms with Crippen LogP contribution in [-0.4, -0.2) is 31.1 Å². The van der Waals surface area contributed by atoms with Gasteiger partial charge >= 0.3 is 0 Å². The number of ether oxygens (including phenoxy) is 1. The zero-order chi connectivity index (χ0) is 15.7. The lowest BCUT2D eigenvalue weighted by molar-refractivity contribution is 0.145. The molecule has 0 aliphatic heterocycles. The summed E-state index contributed by atoms with van der Waals surface area (Å²) >= 11 is 5.15. The molecule has 0 fully saturated rings. The highest BCUT2D eigenvalue weighted by molar-refractivity contribution is 7.80. The zero-order valence-corrected chi connectivity index (χ0v) is 14.1. The Morgan fingerprint density at radius 2 is 1.95 bits per heavy atom. The lowest BCUT2D eigenvalue weighted by Crippen LogP contribution is -2.33. The molecule has 4 nitrogen and oxygen atoms in total. The predicted octanol–water partition coefficient (Wildman–Crippen LogP) is 2.84. The normalized spacial score (nSPS) is 10.9. The van der Waals surface area contributed by atoms with Crippen molar-refractivity contribution >= 4 is 23.5 Å². The van der Waals surface area contributed by atoms with Gasteiger partial charge in [-0.2, -0.15) is 5.10 Å².